The Labute approximate surface area is 47.5 Å². The maximum absolute atomic E-state index is 8.08. The molecule has 0 aromatic carbocycles. The van der Waals surface area contributed by atoms with Gasteiger partial charge in [-0.15, -0.1) is 0 Å². The van der Waals surface area contributed by atoms with Crippen molar-refractivity contribution >= 4 is 0 Å². The lowest BCUT2D eigenvalue weighted by atomic mass is 10.6. The highest BCUT2D eigenvalue weighted by atomic mass is 16.5. The van der Waals surface area contributed by atoms with Gasteiger partial charge in [0.2, 0.25) is 0 Å². The van der Waals surface area contributed by atoms with Crippen LogP contribution in [0.5, 0.6) is 0 Å². The van der Waals surface area contributed by atoms with Gasteiger partial charge in [0.15, 0.2) is 0 Å². The van der Waals surface area contributed by atoms with Gasteiger partial charge in [0.1, 0.15) is 6.61 Å². The van der Waals surface area contributed by atoms with Gasteiger partial charge in [-0.2, -0.15) is 0 Å². The largest absolute Gasteiger partial charge is 0.497 e. The molecule has 0 aromatic rings. The zero-order chi connectivity index (χ0) is 6.41. The van der Waals surface area contributed by atoms with E-state index in [0.717, 1.165) is 6.08 Å². The summed E-state index contributed by atoms with van der Waals surface area (Å²) >= 11 is 0. The summed E-state index contributed by atoms with van der Waals surface area (Å²) in [5.41, 5.74) is 0. The molecule has 0 bridgehead atoms. The zero-order valence-corrected chi connectivity index (χ0v) is 4.37. The van der Waals surface area contributed by atoms with Crippen LogP contribution in [0.3, 0.4) is 0 Å². The highest BCUT2D eigenvalue weighted by Gasteiger charge is 1.79. The summed E-state index contributed by atoms with van der Waals surface area (Å²) in [6.07, 6.45) is 2.33. The van der Waals surface area contributed by atoms with E-state index in [2.05, 4.69) is 11.3 Å². The fraction of sp³-hybridized carbons (Fsp3) is 0.200. The summed E-state index contributed by atoms with van der Waals surface area (Å²) in [6.45, 7) is 3.39. The lowest BCUT2D eigenvalue weighted by Gasteiger charge is -1.90. The molecule has 0 fully saturated rings. The normalized spacial score (nSPS) is 7.50. The smallest absolute Gasteiger partial charge is 0.273 e. The molecular weight excluding hydrogens is 108 g/mol. The van der Waals surface area contributed by atoms with Gasteiger partial charge in [-0.25, -0.2) is 0 Å². The Balaban J connectivity index is 3.15. The number of hydrogen-bond acceptors (Lipinski definition) is 3. The van der Waals surface area contributed by atoms with Crippen LogP contribution in [0.1, 0.15) is 0 Å². The molecule has 0 unspecified atom stereocenters. The Bertz CT molecular complexity index is 91.8. The first kappa shape index (κ1) is 6.88. The Hall–Kier alpha value is -1.12. The minimum atomic E-state index is -0.730. The molecule has 0 aliphatic carbocycles. The first-order valence-electron chi connectivity index (χ1n) is 2.08. The molecule has 0 spiro atoms. The second-order valence-corrected chi connectivity index (χ2v) is 1.06. The van der Waals surface area contributed by atoms with Crippen molar-refractivity contribution in [2.75, 3.05) is 6.61 Å². The van der Waals surface area contributed by atoms with Crippen molar-refractivity contribution in [1.29, 1.82) is 0 Å². The predicted octanol–water partition coefficient (Wildman–Crippen LogP) is 1.10. The van der Waals surface area contributed by atoms with Crippen molar-refractivity contribution in [2.45, 2.75) is 0 Å². The molecule has 0 atom stereocenters. The van der Waals surface area contributed by atoms with E-state index in [0.29, 0.717) is 0 Å². The number of rotatable bonds is 3. The van der Waals surface area contributed by atoms with Crippen LogP contribution in [-0.2, 0) is 4.74 Å². The van der Waals surface area contributed by atoms with Gasteiger partial charge in [-0.05, 0) is 0 Å². The van der Waals surface area contributed by atoms with E-state index in [1.54, 1.807) is 0 Å². The van der Waals surface area contributed by atoms with Gasteiger partial charge >= 0.3 is 0 Å². The van der Waals surface area contributed by atoms with Gasteiger partial charge in [0, 0.05) is 6.08 Å². The third-order valence-electron chi connectivity index (χ3n) is 0.480. The molecule has 0 heterocycles. The standard InChI is InChI=1S/C5H8O3/c1-2-8-4-3-5(6)7/h2-3,6-7H,1,4H2. The zero-order valence-electron chi connectivity index (χ0n) is 4.37. The molecule has 0 amide bonds. The number of aliphatic hydroxyl groups excluding tert-OH is 1. The molecule has 3 heteroatoms. The number of aliphatic hydroxyl groups is 2. The number of ether oxygens (including phenoxy) is 1. The third-order valence-corrected chi connectivity index (χ3v) is 0.480. The van der Waals surface area contributed by atoms with Crippen molar-refractivity contribution in [3.05, 3.63) is 24.9 Å². The quantitative estimate of drug-likeness (QED) is 0.429. The van der Waals surface area contributed by atoms with Crippen LogP contribution >= 0.6 is 0 Å². The Morgan fingerprint density at radius 1 is 1.62 bits per heavy atom. The van der Waals surface area contributed by atoms with Gasteiger partial charge in [-0.1, -0.05) is 6.58 Å². The molecule has 2 N–H and O–H groups in total. The lowest BCUT2D eigenvalue weighted by molar-refractivity contribution is 0.181. The second-order valence-electron chi connectivity index (χ2n) is 1.06. The molecular formula is C5H8O3. The maximum Gasteiger partial charge on any atom is 0.273 e. The Morgan fingerprint density at radius 3 is 2.62 bits per heavy atom. The summed E-state index contributed by atoms with van der Waals surface area (Å²) in [7, 11) is 0. The molecule has 0 saturated heterocycles. The summed E-state index contributed by atoms with van der Waals surface area (Å²) in [5, 5.41) is 16.2. The SMILES string of the molecule is C=COCC=C(O)O. The predicted molar refractivity (Wildman–Crippen MR) is 29.5 cm³/mol. The Morgan fingerprint density at radius 2 is 2.25 bits per heavy atom. The van der Waals surface area contributed by atoms with Crippen LogP contribution < -0.4 is 0 Å². The lowest BCUT2D eigenvalue weighted by Crippen LogP contribution is -1.83. The van der Waals surface area contributed by atoms with Gasteiger partial charge in [-0.3, -0.25) is 0 Å². The van der Waals surface area contributed by atoms with E-state index in [1.165, 1.54) is 6.26 Å². The molecule has 0 aromatic heterocycles. The molecule has 46 valence electrons. The van der Waals surface area contributed by atoms with Crippen molar-refractivity contribution in [1.82, 2.24) is 0 Å². The van der Waals surface area contributed by atoms with E-state index >= 15 is 0 Å². The van der Waals surface area contributed by atoms with Crippen molar-refractivity contribution in [3.63, 3.8) is 0 Å². The summed E-state index contributed by atoms with van der Waals surface area (Å²) in [6, 6.07) is 0. The number of hydrogen-bond donors (Lipinski definition) is 2. The van der Waals surface area contributed by atoms with Crippen LogP contribution in [0.25, 0.3) is 0 Å². The average Bonchev–Trinajstić information content (AvgIpc) is 1.66. The van der Waals surface area contributed by atoms with E-state index in [-0.39, 0.29) is 6.61 Å². The molecule has 0 saturated carbocycles. The second kappa shape index (κ2) is 4.05. The molecule has 8 heavy (non-hydrogen) atoms. The Kier molecular flexibility index (Phi) is 3.48. The van der Waals surface area contributed by atoms with E-state index in [4.69, 9.17) is 10.2 Å². The first-order chi connectivity index (χ1) is 3.77. The van der Waals surface area contributed by atoms with Crippen molar-refractivity contribution in [2.24, 2.45) is 0 Å². The van der Waals surface area contributed by atoms with E-state index < -0.39 is 5.95 Å². The highest BCUT2D eigenvalue weighted by Crippen LogP contribution is 1.80. The maximum atomic E-state index is 8.08. The molecule has 3 nitrogen and oxygen atoms in total. The molecule has 0 aliphatic heterocycles. The molecule has 0 radical (unpaired) electrons. The fourth-order valence-electron chi connectivity index (χ4n) is 0.191. The van der Waals surface area contributed by atoms with Gasteiger partial charge < -0.3 is 14.9 Å². The topological polar surface area (TPSA) is 49.7 Å². The van der Waals surface area contributed by atoms with Crippen LogP contribution in [0, 0.1) is 0 Å². The third kappa shape index (κ3) is 4.88. The molecule has 0 rings (SSSR count). The van der Waals surface area contributed by atoms with E-state index in [9.17, 15) is 0 Å². The van der Waals surface area contributed by atoms with Crippen molar-refractivity contribution in [3.8, 4) is 0 Å². The summed E-state index contributed by atoms with van der Waals surface area (Å²) in [5.74, 6) is -0.730. The van der Waals surface area contributed by atoms with Crippen LogP contribution in [0.15, 0.2) is 24.9 Å². The van der Waals surface area contributed by atoms with Gasteiger partial charge in [0.25, 0.3) is 5.95 Å². The molecule has 0 aliphatic rings. The van der Waals surface area contributed by atoms with Gasteiger partial charge in [0.05, 0.1) is 6.26 Å². The first-order valence-corrected chi connectivity index (χ1v) is 2.08. The minimum absolute atomic E-state index is 0.145. The minimum Gasteiger partial charge on any atom is -0.497 e. The highest BCUT2D eigenvalue weighted by molar-refractivity contribution is 4.78. The van der Waals surface area contributed by atoms with Crippen LogP contribution in [0.4, 0.5) is 0 Å². The van der Waals surface area contributed by atoms with Crippen molar-refractivity contribution < 1.29 is 14.9 Å². The fourth-order valence-corrected chi connectivity index (χ4v) is 0.191. The monoisotopic (exact) mass is 116 g/mol. The average molecular weight is 116 g/mol. The van der Waals surface area contributed by atoms with Crippen LogP contribution in [-0.4, -0.2) is 16.8 Å². The van der Waals surface area contributed by atoms with Crippen LogP contribution in [0.2, 0.25) is 0 Å². The van der Waals surface area contributed by atoms with E-state index in [1.807, 2.05) is 0 Å². The summed E-state index contributed by atoms with van der Waals surface area (Å²) in [4.78, 5) is 0. The summed E-state index contributed by atoms with van der Waals surface area (Å²) < 4.78 is 4.51.